The minimum atomic E-state index is -0.404. The highest BCUT2D eigenvalue weighted by atomic mass is 19.1. The molecule has 154 valence electrons. The zero-order valence-electron chi connectivity index (χ0n) is 16.9. The van der Waals surface area contributed by atoms with E-state index in [0.29, 0.717) is 31.6 Å². The molecule has 29 heavy (non-hydrogen) atoms. The fourth-order valence-electron chi connectivity index (χ4n) is 4.02. The molecule has 4 rings (SSSR count). The van der Waals surface area contributed by atoms with Crippen molar-refractivity contribution in [3.63, 3.8) is 0 Å². The number of carbonyl (C=O) groups is 1. The van der Waals surface area contributed by atoms with Crippen molar-refractivity contribution in [2.75, 3.05) is 46.3 Å². The summed E-state index contributed by atoms with van der Waals surface area (Å²) in [7, 11) is 2.08. The summed E-state index contributed by atoms with van der Waals surface area (Å²) in [5.41, 5.74) is 1.62. The summed E-state index contributed by atoms with van der Waals surface area (Å²) < 4.78 is 20.6. The molecule has 2 aromatic carbocycles. The second-order valence-corrected chi connectivity index (χ2v) is 7.90. The average molecular weight is 397 g/mol. The fourth-order valence-corrected chi connectivity index (χ4v) is 4.02. The van der Waals surface area contributed by atoms with Gasteiger partial charge >= 0.3 is 0 Å². The van der Waals surface area contributed by atoms with Crippen LogP contribution in [0.25, 0.3) is 0 Å². The molecule has 0 radical (unpaired) electrons. The van der Waals surface area contributed by atoms with E-state index in [1.165, 1.54) is 6.07 Å². The van der Waals surface area contributed by atoms with Crippen LogP contribution >= 0.6 is 0 Å². The minimum absolute atomic E-state index is 0.194. The number of para-hydroxylation sites is 1. The number of rotatable bonds is 4. The molecule has 6 heteroatoms. The number of benzene rings is 2. The standard InChI is InChI=1S/C23H28FN3O2/c1-25-12-14-27(15-13-25)23(28)10-11-26-16-18-6-2-5-9-21(18)29-22(17-26)19-7-3-4-8-20(19)24/h2-9,22H,10-17H2,1H3. The number of fused-ring (bicyclic) bond motifs is 1. The lowest BCUT2D eigenvalue weighted by Gasteiger charge is -2.33. The largest absolute Gasteiger partial charge is 0.484 e. The zero-order valence-corrected chi connectivity index (χ0v) is 16.9. The van der Waals surface area contributed by atoms with Gasteiger partial charge in [-0.1, -0.05) is 36.4 Å². The van der Waals surface area contributed by atoms with Gasteiger partial charge in [-0.3, -0.25) is 9.69 Å². The highest BCUT2D eigenvalue weighted by Gasteiger charge is 2.27. The summed E-state index contributed by atoms with van der Waals surface area (Å²) in [4.78, 5) is 19.1. The molecule has 1 atom stereocenters. The van der Waals surface area contributed by atoms with E-state index in [0.717, 1.165) is 37.5 Å². The molecular weight excluding hydrogens is 369 g/mol. The smallest absolute Gasteiger partial charge is 0.223 e. The van der Waals surface area contributed by atoms with Gasteiger partial charge in [-0.05, 0) is 19.2 Å². The maximum absolute atomic E-state index is 14.4. The highest BCUT2D eigenvalue weighted by Crippen LogP contribution is 2.32. The number of nitrogens with zero attached hydrogens (tertiary/aromatic N) is 3. The van der Waals surface area contributed by atoms with Crippen molar-refractivity contribution in [1.82, 2.24) is 14.7 Å². The third kappa shape index (κ3) is 4.77. The number of carbonyl (C=O) groups excluding carboxylic acids is 1. The number of piperazine rings is 1. The molecule has 0 spiro atoms. The van der Waals surface area contributed by atoms with Crippen molar-refractivity contribution in [3.05, 3.63) is 65.5 Å². The molecule has 5 nitrogen and oxygen atoms in total. The van der Waals surface area contributed by atoms with Crippen molar-refractivity contribution >= 4 is 5.91 Å². The van der Waals surface area contributed by atoms with Gasteiger partial charge in [0.25, 0.3) is 0 Å². The highest BCUT2D eigenvalue weighted by molar-refractivity contribution is 5.76. The van der Waals surface area contributed by atoms with Crippen LogP contribution < -0.4 is 4.74 Å². The van der Waals surface area contributed by atoms with Crippen LogP contribution in [0.15, 0.2) is 48.5 Å². The second kappa shape index (κ2) is 8.93. The first-order chi connectivity index (χ1) is 14.1. The molecule has 2 aromatic rings. The number of ether oxygens (including phenoxy) is 1. The van der Waals surface area contributed by atoms with Crippen LogP contribution in [0.5, 0.6) is 5.75 Å². The number of likely N-dealkylation sites (N-methyl/N-ethyl adjacent to an activating group) is 1. The first-order valence-corrected chi connectivity index (χ1v) is 10.3. The Morgan fingerprint density at radius 2 is 1.79 bits per heavy atom. The first kappa shape index (κ1) is 19.9. The molecule has 1 fully saturated rings. The van der Waals surface area contributed by atoms with Gasteiger partial charge in [0.1, 0.15) is 17.7 Å². The van der Waals surface area contributed by atoms with Crippen molar-refractivity contribution in [2.24, 2.45) is 0 Å². The molecule has 1 unspecified atom stereocenters. The van der Waals surface area contributed by atoms with E-state index in [9.17, 15) is 9.18 Å². The molecule has 1 saturated heterocycles. The normalized spacial score (nSPS) is 20.6. The van der Waals surface area contributed by atoms with E-state index in [1.807, 2.05) is 35.2 Å². The quantitative estimate of drug-likeness (QED) is 0.795. The van der Waals surface area contributed by atoms with Gasteiger partial charge in [0, 0.05) is 63.4 Å². The van der Waals surface area contributed by atoms with Gasteiger partial charge in [-0.2, -0.15) is 0 Å². The van der Waals surface area contributed by atoms with Crippen LogP contribution in [0.4, 0.5) is 4.39 Å². The third-order valence-corrected chi connectivity index (χ3v) is 5.81. The summed E-state index contributed by atoms with van der Waals surface area (Å²) in [5, 5.41) is 0. The van der Waals surface area contributed by atoms with Gasteiger partial charge in [-0.15, -0.1) is 0 Å². The van der Waals surface area contributed by atoms with Gasteiger partial charge in [0.2, 0.25) is 5.91 Å². The maximum Gasteiger partial charge on any atom is 0.223 e. The van der Waals surface area contributed by atoms with Crippen molar-refractivity contribution in [3.8, 4) is 5.75 Å². The Morgan fingerprint density at radius 1 is 1.07 bits per heavy atom. The summed E-state index contributed by atoms with van der Waals surface area (Å²) in [5.74, 6) is 0.720. The van der Waals surface area contributed by atoms with E-state index in [-0.39, 0.29) is 11.7 Å². The monoisotopic (exact) mass is 397 g/mol. The Balaban J connectivity index is 1.47. The maximum atomic E-state index is 14.4. The number of halogens is 1. The third-order valence-electron chi connectivity index (χ3n) is 5.81. The minimum Gasteiger partial charge on any atom is -0.484 e. The van der Waals surface area contributed by atoms with Crippen molar-refractivity contribution < 1.29 is 13.9 Å². The Labute approximate surface area is 171 Å². The fraction of sp³-hybridized carbons (Fsp3) is 0.435. The molecule has 2 aliphatic rings. The molecule has 2 aliphatic heterocycles. The predicted molar refractivity (Wildman–Crippen MR) is 110 cm³/mol. The lowest BCUT2D eigenvalue weighted by molar-refractivity contribution is -0.133. The van der Waals surface area contributed by atoms with Gasteiger partial charge in [0.15, 0.2) is 0 Å². The summed E-state index contributed by atoms with van der Waals surface area (Å²) in [6.07, 6.45) is 0.0640. The Morgan fingerprint density at radius 3 is 2.59 bits per heavy atom. The molecular formula is C23H28FN3O2. The molecule has 0 N–H and O–H groups in total. The van der Waals surface area contributed by atoms with Gasteiger partial charge in [-0.25, -0.2) is 4.39 Å². The summed E-state index contributed by atoms with van der Waals surface area (Å²) in [6, 6.07) is 14.7. The average Bonchev–Trinajstić information content (AvgIpc) is 2.92. The van der Waals surface area contributed by atoms with E-state index < -0.39 is 6.10 Å². The SMILES string of the molecule is CN1CCN(C(=O)CCN2Cc3ccccc3OC(c3ccccc3F)C2)CC1. The van der Waals surface area contributed by atoms with E-state index in [4.69, 9.17) is 4.74 Å². The number of hydrogen-bond donors (Lipinski definition) is 0. The topological polar surface area (TPSA) is 36.0 Å². The van der Waals surface area contributed by atoms with Gasteiger partial charge < -0.3 is 14.5 Å². The lowest BCUT2D eigenvalue weighted by atomic mass is 10.1. The predicted octanol–water partition coefficient (Wildman–Crippen LogP) is 2.93. The first-order valence-electron chi connectivity index (χ1n) is 10.3. The molecule has 1 amide bonds. The lowest BCUT2D eigenvalue weighted by Crippen LogP contribution is -2.47. The van der Waals surface area contributed by atoms with Crippen LogP contribution in [0, 0.1) is 5.82 Å². The summed E-state index contributed by atoms with van der Waals surface area (Å²) >= 11 is 0. The molecule has 2 heterocycles. The van der Waals surface area contributed by atoms with E-state index in [1.54, 1.807) is 12.1 Å². The van der Waals surface area contributed by atoms with Crippen molar-refractivity contribution in [1.29, 1.82) is 0 Å². The molecule has 0 aliphatic carbocycles. The summed E-state index contributed by atoms with van der Waals surface area (Å²) in [6.45, 7) is 5.30. The number of hydrogen-bond acceptors (Lipinski definition) is 4. The number of amides is 1. The molecule has 0 saturated carbocycles. The second-order valence-electron chi connectivity index (χ2n) is 7.90. The zero-order chi connectivity index (χ0) is 20.2. The van der Waals surface area contributed by atoms with Crippen LogP contribution in [0.2, 0.25) is 0 Å². The Bertz CT molecular complexity index is 852. The van der Waals surface area contributed by atoms with Crippen LogP contribution in [0.1, 0.15) is 23.7 Å². The van der Waals surface area contributed by atoms with Gasteiger partial charge in [0.05, 0.1) is 0 Å². The molecule has 0 bridgehead atoms. The van der Waals surface area contributed by atoms with Crippen molar-refractivity contribution in [2.45, 2.75) is 19.1 Å². The molecule has 0 aromatic heterocycles. The van der Waals surface area contributed by atoms with E-state index in [2.05, 4.69) is 16.8 Å². The van der Waals surface area contributed by atoms with Crippen LogP contribution in [-0.4, -0.2) is 66.9 Å². The van der Waals surface area contributed by atoms with E-state index >= 15 is 0 Å². The Kier molecular flexibility index (Phi) is 6.11. The van der Waals surface area contributed by atoms with Crippen LogP contribution in [-0.2, 0) is 11.3 Å². The Hall–Kier alpha value is -2.44. The van der Waals surface area contributed by atoms with Crippen LogP contribution in [0.3, 0.4) is 0 Å².